The number of nitrogens with two attached hydrogens (primary N) is 2. The van der Waals surface area contributed by atoms with Gasteiger partial charge in [-0.2, -0.15) is 13.2 Å². The van der Waals surface area contributed by atoms with Crippen LogP contribution >= 0.6 is 41.7 Å². The average molecular weight is 789 g/mol. The summed E-state index contributed by atoms with van der Waals surface area (Å²) in [5, 5.41) is 2.91. The lowest BCUT2D eigenvalue weighted by Crippen LogP contribution is -2.48. The van der Waals surface area contributed by atoms with E-state index < -0.39 is 42.4 Å². The van der Waals surface area contributed by atoms with Crippen LogP contribution in [0.15, 0.2) is 65.3 Å². The summed E-state index contributed by atoms with van der Waals surface area (Å²) in [6.07, 6.45) is -6.70. The summed E-state index contributed by atoms with van der Waals surface area (Å²) >= 11 is 8.18. The Bertz CT molecular complexity index is 1240. The molecule has 0 aliphatic carbocycles. The fourth-order valence-corrected chi connectivity index (χ4v) is 4.90. The van der Waals surface area contributed by atoms with E-state index in [1.165, 1.54) is 26.3 Å². The highest BCUT2D eigenvalue weighted by molar-refractivity contribution is 14.2. The van der Waals surface area contributed by atoms with E-state index in [1.807, 2.05) is 37.3 Å². The minimum absolute atomic E-state index is 0.0134. The van der Waals surface area contributed by atoms with Crippen LogP contribution in [0.3, 0.4) is 0 Å². The summed E-state index contributed by atoms with van der Waals surface area (Å²) in [6.45, 7) is 2.94. The van der Waals surface area contributed by atoms with E-state index in [2.05, 4.69) is 36.3 Å². The van der Waals surface area contributed by atoms with E-state index >= 15 is 0 Å². The molecular formula is C29H37ClF3IN4O6S. The van der Waals surface area contributed by atoms with Crippen LogP contribution in [-0.4, -0.2) is 76.4 Å². The van der Waals surface area contributed by atoms with Crippen molar-refractivity contribution in [1.29, 1.82) is 0 Å². The second kappa shape index (κ2) is 20.2. The van der Waals surface area contributed by atoms with Gasteiger partial charge in [-0.25, -0.2) is 0 Å². The van der Waals surface area contributed by atoms with Crippen LogP contribution < -0.4 is 16.8 Å². The van der Waals surface area contributed by atoms with Gasteiger partial charge in [-0.15, -0.1) is 0 Å². The number of alkyl halides is 3. The Kier molecular flexibility index (Phi) is 17.5. The zero-order chi connectivity index (χ0) is 33.4. The molecule has 4 unspecified atom stereocenters. The number of hydrogen-bond acceptors (Lipinski definition) is 10. The number of rotatable bonds is 14. The van der Waals surface area contributed by atoms with E-state index in [4.69, 9.17) is 42.0 Å². The lowest BCUT2D eigenvalue weighted by atomic mass is 10.1. The molecule has 1 saturated heterocycles. The third-order valence-electron chi connectivity index (χ3n) is 6.32. The van der Waals surface area contributed by atoms with Gasteiger partial charge in [0.05, 0.1) is 29.7 Å². The second-order valence-electron chi connectivity index (χ2n) is 9.36. The molecule has 2 aromatic carbocycles. The summed E-state index contributed by atoms with van der Waals surface area (Å²) < 4.78 is 69.6. The highest BCUT2D eigenvalue weighted by Gasteiger charge is 2.38. The largest absolute Gasteiger partial charge is 0.467 e. The number of aliphatic imine (C=N–C) groups is 1. The number of carbonyl (C=O) groups excluding carboxylic acids is 1. The van der Waals surface area contributed by atoms with E-state index in [0.717, 1.165) is 23.4 Å². The Morgan fingerprint density at radius 2 is 2.00 bits per heavy atom. The third kappa shape index (κ3) is 12.9. The summed E-state index contributed by atoms with van der Waals surface area (Å²) in [5.74, 6) is 0.913. The van der Waals surface area contributed by atoms with Crippen molar-refractivity contribution in [3.05, 3.63) is 76.5 Å². The van der Waals surface area contributed by atoms with Gasteiger partial charge in [0.25, 0.3) is 6.47 Å². The van der Waals surface area contributed by atoms with Crippen LogP contribution in [0.4, 0.5) is 18.9 Å². The van der Waals surface area contributed by atoms with E-state index in [-0.39, 0.29) is 35.4 Å². The molecule has 250 valence electrons. The fourth-order valence-electron chi connectivity index (χ4n) is 4.03. The number of amidine groups is 1. The van der Waals surface area contributed by atoms with Crippen LogP contribution in [0.2, 0.25) is 5.02 Å². The summed E-state index contributed by atoms with van der Waals surface area (Å²) in [4.78, 5) is 13.4. The molecule has 0 spiro atoms. The summed E-state index contributed by atoms with van der Waals surface area (Å²) in [7, 11) is 4.50. The predicted octanol–water partition coefficient (Wildman–Crippen LogP) is 5.75. The Hall–Kier alpha value is -2.12. The van der Waals surface area contributed by atoms with Crippen molar-refractivity contribution in [2.45, 2.75) is 43.8 Å². The molecule has 0 aromatic heterocycles. The number of nitrogens with one attached hydrogen (secondary N) is 1. The maximum atomic E-state index is 13.8. The van der Waals surface area contributed by atoms with Crippen molar-refractivity contribution >= 4 is 59.7 Å². The molecule has 10 nitrogen and oxygen atoms in total. The van der Waals surface area contributed by atoms with Crippen molar-refractivity contribution in [2.24, 2.45) is 16.5 Å². The second-order valence-corrected chi connectivity index (χ2v) is 12.3. The molecule has 5 atom stereocenters. The van der Waals surface area contributed by atoms with Crippen LogP contribution in [0.5, 0.6) is 0 Å². The van der Waals surface area contributed by atoms with Crippen LogP contribution in [0.1, 0.15) is 24.3 Å². The number of carbonyl (C=O) groups is 1. The molecule has 45 heavy (non-hydrogen) atoms. The molecule has 2 aromatic rings. The van der Waals surface area contributed by atoms with Crippen molar-refractivity contribution in [2.75, 3.05) is 45.0 Å². The molecule has 0 saturated carbocycles. The maximum Gasteiger partial charge on any atom is 0.418 e. The molecule has 0 bridgehead atoms. The monoisotopic (exact) mass is 788 g/mol. The van der Waals surface area contributed by atoms with E-state index in [0.29, 0.717) is 13.1 Å². The van der Waals surface area contributed by atoms with Crippen molar-refractivity contribution in [1.82, 2.24) is 0 Å². The quantitative estimate of drug-likeness (QED) is 0.0714. The highest BCUT2D eigenvalue weighted by atomic mass is 127. The number of anilines is 1. The first kappa shape index (κ1) is 39.1. The molecule has 1 heterocycles. The van der Waals surface area contributed by atoms with Gasteiger partial charge in [0.1, 0.15) is 30.8 Å². The Morgan fingerprint density at radius 1 is 1.29 bits per heavy atom. The topological polar surface area (TPSA) is 140 Å². The first-order valence-corrected chi connectivity index (χ1v) is 17.5. The van der Waals surface area contributed by atoms with Crippen LogP contribution in [-0.2, 0) is 34.7 Å². The van der Waals surface area contributed by atoms with Crippen molar-refractivity contribution in [3.8, 4) is 0 Å². The summed E-state index contributed by atoms with van der Waals surface area (Å²) in [6, 6.07) is 12.6. The molecule has 3 rings (SSSR count). The van der Waals surface area contributed by atoms with E-state index in [9.17, 15) is 18.0 Å². The molecule has 16 heteroatoms. The summed E-state index contributed by atoms with van der Waals surface area (Å²) in [5.41, 5.74) is 11.7. The number of nitrogens with zero attached hydrogens (tertiary/aromatic N) is 1. The van der Waals surface area contributed by atoms with Gasteiger partial charge in [-0.3, -0.25) is 9.79 Å². The predicted molar refractivity (Wildman–Crippen MR) is 178 cm³/mol. The van der Waals surface area contributed by atoms with Gasteiger partial charge in [-0.05, 0) is 46.3 Å². The van der Waals surface area contributed by atoms with Crippen LogP contribution in [0.25, 0.3) is 0 Å². The Balaban J connectivity index is 0.000000900. The third-order valence-corrected chi connectivity index (χ3v) is 8.20. The SMILES string of the molecule is CN=C(N)/C=C(\Nc1cc(Cl)ccc1C(F)(F)F)C(OC1COC(c2ccccc2)OC1C)[C@H](CN)OC.O=COCCSI. The van der Waals surface area contributed by atoms with Crippen LogP contribution in [0, 0.1) is 0 Å². The zero-order valence-electron chi connectivity index (χ0n) is 24.8. The minimum atomic E-state index is -4.65. The van der Waals surface area contributed by atoms with Crippen molar-refractivity contribution < 1.29 is 41.7 Å². The van der Waals surface area contributed by atoms with Gasteiger partial charge in [0.15, 0.2) is 6.29 Å². The first-order chi connectivity index (χ1) is 21.5. The Labute approximate surface area is 281 Å². The Morgan fingerprint density at radius 3 is 2.56 bits per heavy atom. The smallest absolute Gasteiger partial charge is 0.418 e. The number of halogens is 5. The zero-order valence-corrected chi connectivity index (χ0v) is 28.6. The van der Waals surface area contributed by atoms with Gasteiger partial charge in [0, 0.05) is 43.1 Å². The maximum absolute atomic E-state index is 13.8. The molecule has 1 aliphatic rings. The minimum Gasteiger partial charge on any atom is -0.467 e. The molecule has 5 N–H and O–H groups in total. The van der Waals surface area contributed by atoms with Gasteiger partial charge < -0.3 is 40.5 Å². The average Bonchev–Trinajstić information content (AvgIpc) is 3.02. The van der Waals surface area contributed by atoms with Gasteiger partial charge >= 0.3 is 6.18 Å². The van der Waals surface area contributed by atoms with Crippen molar-refractivity contribution in [3.63, 3.8) is 0 Å². The molecule has 0 radical (unpaired) electrons. The van der Waals surface area contributed by atoms with E-state index in [1.54, 1.807) is 8.93 Å². The molecule has 1 aliphatic heterocycles. The molecule has 1 fully saturated rings. The molecular weight excluding hydrogens is 752 g/mol. The number of ether oxygens (including phenoxy) is 5. The highest BCUT2D eigenvalue weighted by Crippen LogP contribution is 2.38. The van der Waals surface area contributed by atoms with Gasteiger partial charge in [0.2, 0.25) is 0 Å². The standard InChI is InChI=1S/C26H32ClF3N4O4.C3H5IO2S/c1-15-22(14-36-25(37-15)16-7-5-4-6-8-16)38-24(21(13-31)35-3)20(12-23(32)33-2)34-19-11-17(27)9-10-18(19)26(28,29)30;4-7-2-1-6-3-5/h4-12,15,21-22,24-25,34H,13-14,31H2,1-3H3,(H2,32,33);3H,1-2H2/b20-12-;/t15?,21-,22?,24?,25?;/m0./s1. The normalized spacial score (nSPS) is 20.4. The van der Waals surface area contributed by atoms with Gasteiger partial charge in [-0.1, -0.05) is 50.9 Å². The number of benzene rings is 2. The first-order valence-electron chi connectivity index (χ1n) is 13.6. The number of hydrogen-bond donors (Lipinski definition) is 3. The fraction of sp³-hybridized carbons (Fsp3) is 0.448. The lowest BCUT2D eigenvalue weighted by molar-refractivity contribution is -0.270. The lowest BCUT2D eigenvalue weighted by Gasteiger charge is -2.38. The number of methoxy groups -OCH3 is 1. The molecule has 0 amide bonds.